The number of nitrogens with zero attached hydrogens (tertiary/aromatic N) is 1. The molecule has 1 unspecified atom stereocenters. The van der Waals surface area contributed by atoms with E-state index in [1.807, 2.05) is 0 Å². The fourth-order valence-corrected chi connectivity index (χ4v) is 2.36. The van der Waals surface area contributed by atoms with Crippen molar-refractivity contribution in [2.75, 3.05) is 13.2 Å². The smallest absolute Gasteiger partial charge is 0.186 e. The normalized spacial score (nSPS) is 16.7. The third-order valence-electron chi connectivity index (χ3n) is 3.52. The van der Waals surface area contributed by atoms with Gasteiger partial charge in [-0.1, -0.05) is 65.2 Å². The molecule has 0 radical (unpaired) electrons. The van der Waals surface area contributed by atoms with Crippen LogP contribution in [0.4, 0.5) is 0 Å². The van der Waals surface area contributed by atoms with Crippen molar-refractivity contribution in [1.82, 2.24) is 0 Å². The number of aliphatic imine (C=N–C) groups is 1. The third-order valence-corrected chi connectivity index (χ3v) is 3.52. The Labute approximate surface area is 107 Å². The average Bonchev–Trinajstić information content (AvgIpc) is 2.86. The van der Waals surface area contributed by atoms with Crippen LogP contribution in [-0.4, -0.2) is 19.0 Å². The van der Waals surface area contributed by atoms with Gasteiger partial charge in [-0.3, -0.25) is 4.99 Å². The minimum absolute atomic E-state index is 0.539. The molecule has 0 bridgehead atoms. The van der Waals surface area contributed by atoms with Gasteiger partial charge in [-0.05, 0) is 6.42 Å². The highest BCUT2D eigenvalue weighted by molar-refractivity contribution is 5.79. The molecule has 0 spiro atoms. The predicted octanol–water partition coefficient (Wildman–Crippen LogP) is 4.58. The van der Waals surface area contributed by atoms with Crippen LogP contribution >= 0.6 is 0 Å². The van der Waals surface area contributed by atoms with E-state index in [0.717, 1.165) is 19.0 Å². The maximum atomic E-state index is 5.49. The van der Waals surface area contributed by atoms with Crippen molar-refractivity contribution in [3.63, 3.8) is 0 Å². The second-order valence-electron chi connectivity index (χ2n) is 5.23. The first-order valence-electron chi connectivity index (χ1n) is 7.51. The van der Waals surface area contributed by atoms with Gasteiger partial charge in [-0.2, -0.15) is 0 Å². The van der Waals surface area contributed by atoms with E-state index in [1.54, 1.807) is 0 Å². The summed E-state index contributed by atoms with van der Waals surface area (Å²) in [4.78, 5) is 4.38. The first-order chi connectivity index (χ1) is 8.34. The maximum absolute atomic E-state index is 5.49. The van der Waals surface area contributed by atoms with Gasteiger partial charge < -0.3 is 4.74 Å². The van der Waals surface area contributed by atoms with E-state index in [9.17, 15) is 0 Å². The van der Waals surface area contributed by atoms with Gasteiger partial charge in [-0.25, -0.2) is 0 Å². The van der Waals surface area contributed by atoms with Crippen LogP contribution in [0.25, 0.3) is 0 Å². The molecule has 17 heavy (non-hydrogen) atoms. The quantitative estimate of drug-likeness (QED) is 0.511. The molecule has 0 saturated carbocycles. The molecular weight excluding hydrogens is 210 g/mol. The van der Waals surface area contributed by atoms with Crippen LogP contribution in [0.2, 0.25) is 0 Å². The highest BCUT2D eigenvalue weighted by Gasteiger charge is 2.15. The van der Waals surface area contributed by atoms with Gasteiger partial charge in [-0.15, -0.1) is 0 Å². The topological polar surface area (TPSA) is 21.6 Å². The van der Waals surface area contributed by atoms with Crippen LogP contribution in [0.3, 0.4) is 0 Å². The van der Waals surface area contributed by atoms with E-state index in [-0.39, 0.29) is 0 Å². The Bertz CT molecular complexity index is 213. The number of ether oxygens (including phenoxy) is 1. The van der Waals surface area contributed by atoms with Crippen molar-refractivity contribution in [3.8, 4) is 0 Å². The Morgan fingerprint density at radius 2 is 1.71 bits per heavy atom. The lowest BCUT2D eigenvalue weighted by Crippen LogP contribution is -2.11. The van der Waals surface area contributed by atoms with E-state index < -0.39 is 0 Å². The molecule has 1 rings (SSSR count). The van der Waals surface area contributed by atoms with E-state index in [2.05, 4.69) is 18.8 Å². The molecule has 2 heteroatoms. The van der Waals surface area contributed by atoms with Crippen LogP contribution < -0.4 is 0 Å². The Hall–Kier alpha value is -0.530. The zero-order chi connectivity index (χ0) is 12.3. The fraction of sp³-hybridized carbons (Fsp3) is 0.933. The van der Waals surface area contributed by atoms with Gasteiger partial charge in [0.25, 0.3) is 0 Å². The fourth-order valence-electron chi connectivity index (χ4n) is 2.36. The maximum Gasteiger partial charge on any atom is 0.186 e. The summed E-state index contributed by atoms with van der Waals surface area (Å²) in [5.41, 5.74) is 0. The average molecular weight is 239 g/mol. The van der Waals surface area contributed by atoms with E-state index in [4.69, 9.17) is 4.74 Å². The lowest BCUT2D eigenvalue weighted by Gasteiger charge is -2.10. The zero-order valence-corrected chi connectivity index (χ0v) is 11.7. The molecule has 1 heterocycles. The van der Waals surface area contributed by atoms with Gasteiger partial charge in [0.1, 0.15) is 6.61 Å². The standard InChI is InChI=1S/C15H29NO/c1-3-4-5-6-7-8-9-10-11-14(2)15-16-12-13-17-15/h14H,3-13H2,1-2H3. The first-order valence-corrected chi connectivity index (χ1v) is 7.51. The summed E-state index contributed by atoms with van der Waals surface area (Å²) in [6, 6.07) is 0. The minimum atomic E-state index is 0.539. The van der Waals surface area contributed by atoms with Crippen molar-refractivity contribution in [2.24, 2.45) is 10.9 Å². The van der Waals surface area contributed by atoms with Gasteiger partial charge in [0.05, 0.1) is 6.54 Å². The largest absolute Gasteiger partial charge is 0.479 e. The predicted molar refractivity (Wildman–Crippen MR) is 74.6 cm³/mol. The van der Waals surface area contributed by atoms with Crippen LogP contribution in [0, 0.1) is 5.92 Å². The summed E-state index contributed by atoms with van der Waals surface area (Å²) in [6.45, 7) is 6.19. The molecule has 0 amide bonds. The van der Waals surface area contributed by atoms with E-state index >= 15 is 0 Å². The highest BCUT2D eigenvalue weighted by atomic mass is 16.5. The molecule has 1 atom stereocenters. The SMILES string of the molecule is CCCCCCCCCCC(C)C1=NCCO1. The third kappa shape index (κ3) is 6.70. The van der Waals surface area contributed by atoms with Crippen LogP contribution in [0.1, 0.15) is 71.6 Å². The van der Waals surface area contributed by atoms with Crippen LogP contribution in [-0.2, 0) is 4.74 Å². The first kappa shape index (κ1) is 14.5. The lowest BCUT2D eigenvalue weighted by molar-refractivity contribution is 0.320. The number of hydrogen-bond donors (Lipinski definition) is 0. The minimum Gasteiger partial charge on any atom is -0.479 e. The molecule has 0 saturated heterocycles. The molecule has 0 N–H and O–H groups in total. The van der Waals surface area contributed by atoms with Crippen molar-refractivity contribution in [1.29, 1.82) is 0 Å². The number of hydrogen-bond acceptors (Lipinski definition) is 2. The van der Waals surface area contributed by atoms with Gasteiger partial charge in [0.2, 0.25) is 0 Å². The molecule has 0 aliphatic carbocycles. The Balaban J connectivity index is 1.86. The second kappa shape index (κ2) is 9.49. The highest BCUT2D eigenvalue weighted by Crippen LogP contribution is 2.16. The summed E-state index contributed by atoms with van der Waals surface area (Å²) in [7, 11) is 0. The molecule has 1 aliphatic heterocycles. The summed E-state index contributed by atoms with van der Waals surface area (Å²) in [5.74, 6) is 1.55. The molecule has 0 aromatic carbocycles. The van der Waals surface area contributed by atoms with Crippen molar-refractivity contribution in [3.05, 3.63) is 0 Å². The summed E-state index contributed by atoms with van der Waals surface area (Å²) >= 11 is 0. The molecule has 2 nitrogen and oxygen atoms in total. The lowest BCUT2D eigenvalue weighted by atomic mass is 10.0. The monoisotopic (exact) mass is 239 g/mol. The molecule has 1 aliphatic rings. The summed E-state index contributed by atoms with van der Waals surface area (Å²) in [5, 5.41) is 0. The second-order valence-corrected chi connectivity index (χ2v) is 5.23. The Morgan fingerprint density at radius 3 is 2.29 bits per heavy atom. The molecular formula is C15H29NO. The Morgan fingerprint density at radius 1 is 1.06 bits per heavy atom. The molecule has 100 valence electrons. The molecule has 0 aromatic heterocycles. The van der Waals surface area contributed by atoms with Crippen LogP contribution in [0.15, 0.2) is 4.99 Å². The number of rotatable bonds is 10. The Kier molecular flexibility index (Phi) is 8.12. The van der Waals surface area contributed by atoms with Crippen molar-refractivity contribution in [2.45, 2.75) is 71.6 Å². The number of unbranched alkanes of at least 4 members (excludes halogenated alkanes) is 7. The van der Waals surface area contributed by atoms with Crippen molar-refractivity contribution < 1.29 is 4.74 Å². The summed E-state index contributed by atoms with van der Waals surface area (Å²) < 4.78 is 5.49. The zero-order valence-electron chi connectivity index (χ0n) is 11.7. The van der Waals surface area contributed by atoms with Gasteiger partial charge in [0.15, 0.2) is 5.90 Å². The van der Waals surface area contributed by atoms with Crippen molar-refractivity contribution >= 4 is 5.90 Å². The van der Waals surface area contributed by atoms with Crippen LogP contribution in [0.5, 0.6) is 0 Å². The van der Waals surface area contributed by atoms with E-state index in [1.165, 1.54) is 57.8 Å². The molecule has 0 aromatic rings. The van der Waals surface area contributed by atoms with E-state index in [0.29, 0.717) is 5.92 Å². The van der Waals surface area contributed by atoms with Gasteiger partial charge >= 0.3 is 0 Å². The summed E-state index contributed by atoms with van der Waals surface area (Å²) in [6.07, 6.45) is 12.4. The molecule has 0 fully saturated rings. The van der Waals surface area contributed by atoms with Gasteiger partial charge in [0, 0.05) is 5.92 Å².